The van der Waals surface area contributed by atoms with Gasteiger partial charge in [0.25, 0.3) is 11.5 Å². The molecule has 6 heteroatoms. The minimum atomic E-state index is -0.400. The Morgan fingerprint density at radius 3 is 2.57 bits per heavy atom. The molecular formula is C24H20FN3O2. The number of aromatic nitrogens is 2. The summed E-state index contributed by atoms with van der Waals surface area (Å²) in [5.74, 6) is -0.780. The number of hydrogen-bond acceptors (Lipinski definition) is 3. The summed E-state index contributed by atoms with van der Waals surface area (Å²) in [6.07, 6.45) is 1.71. The molecule has 2 aromatic carbocycles. The highest BCUT2D eigenvalue weighted by Gasteiger charge is 2.14. The van der Waals surface area contributed by atoms with E-state index in [1.54, 1.807) is 48.0 Å². The molecule has 4 rings (SSSR count). The van der Waals surface area contributed by atoms with Crippen LogP contribution in [0.5, 0.6) is 0 Å². The molecule has 0 aliphatic rings. The first kappa shape index (κ1) is 19.5. The third-order valence-corrected chi connectivity index (χ3v) is 4.98. The zero-order chi connectivity index (χ0) is 21.1. The van der Waals surface area contributed by atoms with Crippen LogP contribution in [0.1, 0.15) is 27.2 Å². The predicted octanol–water partition coefficient (Wildman–Crippen LogP) is 3.82. The number of hydrogen-bond donors (Lipinski definition) is 1. The molecule has 0 aliphatic carbocycles. The molecule has 0 radical (unpaired) electrons. The first-order valence-corrected chi connectivity index (χ1v) is 9.59. The van der Waals surface area contributed by atoms with Gasteiger partial charge in [-0.05, 0) is 30.7 Å². The van der Waals surface area contributed by atoms with Gasteiger partial charge in [-0.2, -0.15) is 0 Å². The van der Waals surface area contributed by atoms with Gasteiger partial charge in [-0.1, -0.05) is 48.5 Å². The lowest BCUT2D eigenvalue weighted by Crippen LogP contribution is -2.26. The van der Waals surface area contributed by atoms with Crippen LogP contribution in [0.3, 0.4) is 0 Å². The van der Waals surface area contributed by atoms with Gasteiger partial charge in [0.15, 0.2) is 0 Å². The van der Waals surface area contributed by atoms with Crippen LogP contribution in [0, 0.1) is 12.7 Å². The SMILES string of the molecule is Cc1nc2ccn(Cc3ccccc3)c(=O)c2cc1C(=O)NCc1ccccc1F. The van der Waals surface area contributed by atoms with E-state index in [0.29, 0.717) is 34.3 Å². The van der Waals surface area contributed by atoms with Crippen LogP contribution >= 0.6 is 0 Å². The molecule has 150 valence electrons. The first-order chi connectivity index (χ1) is 14.5. The third kappa shape index (κ3) is 3.98. The van der Waals surface area contributed by atoms with Crippen molar-refractivity contribution in [3.63, 3.8) is 0 Å². The fourth-order valence-electron chi connectivity index (χ4n) is 3.35. The molecule has 5 nitrogen and oxygen atoms in total. The number of rotatable bonds is 5. The standard InChI is InChI=1S/C24H20FN3O2/c1-16-19(23(29)26-14-18-9-5-6-10-21(18)25)13-20-22(27-16)11-12-28(24(20)30)15-17-7-3-2-4-8-17/h2-13H,14-15H2,1H3,(H,26,29). The summed E-state index contributed by atoms with van der Waals surface area (Å²) in [4.78, 5) is 30.1. The van der Waals surface area contributed by atoms with Gasteiger partial charge < -0.3 is 9.88 Å². The molecule has 0 bridgehead atoms. The highest BCUT2D eigenvalue weighted by molar-refractivity contribution is 5.98. The summed E-state index contributed by atoms with van der Waals surface area (Å²) >= 11 is 0. The van der Waals surface area contributed by atoms with E-state index in [4.69, 9.17) is 0 Å². The van der Waals surface area contributed by atoms with E-state index in [-0.39, 0.29) is 17.9 Å². The predicted molar refractivity (Wildman–Crippen MR) is 114 cm³/mol. The molecular weight excluding hydrogens is 381 g/mol. The van der Waals surface area contributed by atoms with E-state index in [1.165, 1.54) is 6.07 Å². The van der Waals surface area contributed by atoms with Crippen molar-refractivity contribution in [3.8, 4) is 0 Å². The number of carbonyl (C=O) groups is 1. The molecule has 2 aromatic heterocycles. The van der Waals surface area contributed by atoms with Crippen molar-refractivity contribution in [3.05, 3.63) is 111 Å². The summed E-state index contributed by atoms with van der Waals surface area (Å²) in [5.41, 5.74) is 2.52. The number of aryl methyl sites for hydroxylation is 1. The zero-order valence-corrected chi connectivity index (χ0v) is 16.4. The Morgan fingerprint density at radius 1 is 1.07 bits per heavy atom. The van der Waals surface area contributed by atoms with Gasteiger partial charge in [0, 0.05) is 18.3 Å². The van der Waals surface area contributed by atoms with Gasteiger partial charge in [0.05, 0.1) is 28.7 Å². The Kier molecular flexibility index (Phi) is 5.39. The fraction of sp³-hybridized carbons (Fsp3) is 0.125. The summed E-state index contributed by atoms with van der Waals surface area (Å²) in [7, 11) is 0. The van der Waals surface area contributed by atoms with Gasteiger partial charge in [-0.3, -0.25) is 14.6 Å². The molecule has 1 N–H and O–H groups in total. The summed E-state index contributed by atoms with van der Waals surface area (Å²) in [6, 6.07) is 19.3. The summed E-state index contributed by atoms with van der Waals surface area (Å²) in [5, 5.41) is 3.08. The van der Waals surface area contributed by atoms with Gasteiger partial charge in [0.2, 0.25) is 0 Å². The average Bonchev–Trinajstić information content (AvgIpc) is 2.75. The third-order valence-electron chi connectivity index (χ3n) is 4.98. The number of fused-ring (bicyclic) bond motifs is 1. The highest BCUT2D eigenvalue weighted by atomic mass is 19.1. The number of pyridine rings is 2. The van der Waals surface area contributed by atoms with Crippen molar-refractivity contribution in [1.29, 1.82) is 0 Å². The maximum atomic E-state index is 13.8. The topological polar surface area (TPSA) is 64.0 Å². The number of benzene rings is 2. The van der Waals surface area contributed by atoms with E-state index in [1.807, 2.05) is 30.3 Å². The fourth-order valence-corrected chi connectivity index (χ4v) is 3.35. The maximum Gasteiger partial charge on any atom is 0.260 e. The largest absolute Gasteiger partial charge is 0.348 e. The molecule has 0 atom stereocenters. The molecule has 2 heterocycles. The van der Waals surface area contributed by atoms with Crippen molar-refractivity contribution in [1.82, 2.24) is 14.9 Å². The highest BCUT2D eigenvalue weighted by Crippen LogP contribution is 2.15. The molecule has 0 saturated carbocycles. The Hall–Kier alpha value is -3.80. The van der Waals surface area contributed by atoms with Crippen molar-refractivity contribution >= 4 is 16.8 Å². The average molecular weight is 401 g/mol. The first-order valence-electron chi connectivity index (χ1n) is 9.59. The number of nitrogens with zero attached hydrogens (tertiary/aromatic N) is 2. The number of carbonyl (C=O) groups excluding carboxylic acids is 1. The Morgan fingerprint density at radius 2 is 1.80 bits per heavy atom. The second-order valence-electron chi connectivity index (χ2n) is 7.06. The van der Waals surface area contributed by atoms with E-state index in [2.05, 4.69) is 10.3 Å². The number of halogens is 1. The van der Waals surface area contributed by atoms with Crippen LogP contribution in [0.25, 0.3) is 10.9 Å². The minimum Gasteiger partial charge on any atom is -0.348 e. The zero-order valence-electron chi connectivity index (χ0n) is 16.4. The van der Waals surface area contributed by atoms with E-state index < -0.39 is 5.91 Å². The molecule has 30 heavy (non-hydrogen) atoms. The second kappa shape index (κ2) is 8.29. The van der Waals surface area contributed by atoms with E-state index >= 15 is 0 Å². The Bertz CT molecular complexity index is 1280. The molecule has 0 unspecified atom stereocenters. The van der Waals surface area contributed by atoms with Crippen LogP contribution in [0.2, 0.25) is 0 Å². The smallest absolute Gasteiger partial charge is 0.260 e. The molecule has 0 aliphatic heterocycles. The van der Waals surface area contributed by atoms with Gasteiger partial charge in [0.1, 0.15) is 5.82 Å². The van der Waals surface area contributed by atoms with Gasteiger partial charge >= 0.3 is 0 Å². The number of nitrogens with one attached hydrogen (secondary N) is 1. The van der Waals surface area contributed by atoms with E-state index in [9.17, 15) is 14.0 Å². The van der Waals surface area contributed by atoms with Crippen molar-refractivity contribution in [2.24, 2.45) is 0 Å². The molecule has 1 amide bonds. The monoisotopic (exact) mass is 401 g/mol. The Labute approximate surface area is 172 Å². The van der Waals surface area contributed by atoms with Crippen molar-refractivity contribution in [2.45, 2.75) is 20.0 Å². The lowest BCUT2D eigenvalue weighted by molar-refractivity contribution is 0.0949. The molecule has 0 fully saturated rings. The maximum absolute atomic E-state index is 13.8. The van der Waals surface area contributed by atoms with Crippen molar-refractivity contribution < 1.29 is 9.18 Å². The Balaban J connectivity index is 1.64. The quantitative estimate of drug-likeness (QED) is 0.553. The molecule has 0 saturated heterocycles. The summed E-state index contributed by atoms with van der Waals surface area (Å²) < 4.78 is 15.4. The van der Waals surface area contributed by atoms with E-state index in [0.717, 1.165) is 5.56 Å². The van der Waals surface area contributed by atoms with Crippen LogP contribution in [0.15, 0.2) is 77.7 Å². The van der Waals surface area contributed by atoms with Gasteiger partial charge in [-0.25, -0.2) is 4.39 Å². The normalized spacial score (nSPS) is 10.9. The van der Waals surface area contributed by atoms with Crippen LogP contribution in [-0.2, 0) is 13.1 Å². The van der Waals surface area contributed by atoms with Crippen molar-refractivity contribution in [2.75, 3.05) is 0 Å². The molecule has 0 spiro atoms. The number of amides is 1. The lowest BCUT2D eigenvalue weighted by Gasteiger charge is -2.11. The van der Waals surface area contributed by atoms with Gasteiger partial charge in [-0.15, -0.1) is 0 Å². The second-order valence-corrected chi connectivity index (χ2v) is 7.06. The van der Waals surface area contributed by atoms with Crippen LogP contribution in [0.4, 0.5) is 4.39 Å². The molecule has 4 aromatic rings. The lowest BCUT2D eigenvalue weighted by atomic mass is 10.1. The summed E-state index contributed by atoms with van der Waals surface area (Å²) in [6.45, 7) is 2.20. The van der Waals surface area contributed by atoms with Crippen LogP contribution < -0.4 is 10.9 Å². The minimum absolute atomic E-state index is 0.0516. The van der Waals surface area contributed by atoms with Crippen LogP contribution in [-0.4, -0.2) is 15.5 Å².